The number of anilines is 1. The Morgan fingerprint density at radius 2 is 1.86 bits per heavy atom. The van der Waals surface area contributed by atoms with Crippen LogP contribution < -0.4 is 9.70 Å². The summed E-state index contributed by atoms with van der Waals surface area (Å²) in [5, 5.41) is 0. The van der Waals surface area contributed by atoms with Gasteiger partial charge in [0.05, 0.1) is 15.9 Å². The van der Waals surface area contributed by atoms with Crippen LogP contribution >= 0.6 is 11.3 Å². The minimum absolute atomic E-state index is 0.172. The van der Waals surface area contributed by atoms with Crippen molar-refractivity contribution in [3.05, 3.63) is 58.6 Å². The van der Waals surface area contributed by atoms with Crippen LogP contribution in [0.4, 0.5) is 10.1 Å². The largest absolute Gasteiger partial charge is 0.314 e. The molecule has 0 saturated carbocycles. The number of para-hydroxylation sites is 1. The molecule has 2 aromatic carbocycles. The van der Waals surface area contributed by atoms with Gasteiger partial charge in [-0.1, -0.05) is 23.5 Å². The quantitative estimate of drug-likeness (QED) is 0.637. The van der Waals surface area contributed by atoms with Crippen molar-refractivity contribution in [2.45, 2.75) is 26.3 Å². The van der Waals surface area contributed by atoms with E-state index in [0.29, 0.717) is 27.3 Å². The fourth-order valence-electron chi connectivity index (χ4n) is 3.26. The van der Waals surface area contributed by atoms with E-state index in [9.17, 15) is 18.8 Å². The summed E-state index contributed by atoms with van der Waals surface area (Å²) < 4.78 is 16.6. The van der Waals surface area contributed by atoms with Crippen LogP contribution in [0.1, 0.15) is 30.1 Å². The molecule has 0 atom stereocenters. The van der Waals surface area contributed by atoms with E-state index in [1.165, 1.54) is 23.5 Å². The third kappa shape index (κ3) is 3.05. The van der Waals surface area contributed by atoms with Gasteiger partial charge in [-0.15, -0.1) is 0 Å². The van der Waals surface area contributed by atoms with E-state index in [0.717, 1.165) is 4.90 Å². The predicted molar refractivity (Wildman–Crippen MR) is 104 cm³/mol. The molecule has 0 aliphatic carbocycles. The van der Waals surface area contributed by atoms with Gasteiger partial charge in [-0.25, -0.2) is 4.39 Å². The zero-order valence-electron chi connectivity index (χ0n) is 15.0. The lowest BCUT2D eigenvalue weighted by Gasteiger charge is -2.14. The molecule has 0 N–H and O–H groups in total. The molecule has 0 bridgehead atoms. The second kappa shape index (κ2) is 7.12. The summed E-state index contributed by atoms with van der Waals surface area (Å²) in [5.74, 6) is -1.45. The monoisotopic (exact) mass is 397 g/mol. The zero-order valence-corrected chi connectivity index (χ0v) is 15.8. The zero-order chi connectivity index (χ0) is 19.8. The normalized spacial score (nSPS) is 15.1. The van der Waals surface area contributed by atoms with Crippen LogP contribution in [-0.4, -0.2) is 22.3 Å². The number of amides is 3. The van der Waals surface area contributed by atoms with Crippen molar-refractivity contribution in [2.24, 2.45) is 4.99 Å². The lowest BCUT2D eigenvalue weighted by atomic mass is 10.2. The molecule has 8 heteroatoms. The first-order chi connectivity index (χ1) is 13.5. The van der Waals surface area contributed by atoms with Crippen LogP contribution in [-0.2, 0) is 16.1 Å². The number of imide groups is 1. The van der Waals surface area contributed by atoms with Gasteiger partial charge in [-0.3, -0.25) is 19.3 Å². The number of halogens is 1. The maximum atomic E-state index is 14.2. The average molecular weight is 397 g/mol. The van der Waals surface area contributed by atoms with E-state index in [4.69, 9.17) is 0 Å². The van der Waals surface area contributed by atoms with Gasteiger partial charge in [0.2, 0.25) is 11.8 Å². The predicted octanol–water partition coefficient (Wildman–Crippen LogP) is 3.26. The van der Waals surface area contributed by atoms with Crippen molar-refractivity contribution >= 4 is 45.0 Å². The van der Waals surface area contributed by atoms with E-state index in [2.05, 4.69) is 4.99 Å². The Bertz CT molecular complexity index is 1180. The van der Waals surface area contributed by atoms with E-state index < -0.39 is 5.91 Å². The van der Waals surface area contributed by atoms with Crippen LogP contribution in [0.3, 0.4) is 0 Å². The van der Waals surface area contributed by atoms with Gasteiger partial charge in [0, 0.05) is 24.9 Å². The Morgan fingerprint density at radius 3 is 2.57 bits per heavy atom. The van der Waals surface area contributed by atoms with Gasteiger partial charge in [-0.05, 0) is 37.3 Å². The van der Waals surface area contributed by atoms with Crippen molar-refractivity contribution in [3.8, 4) is 0 Å². The topological polar surface area (TPSA) is 71.7 Å². The standard InChI is InChI=1S/C20H16FN3O3S/c1-2-23-18-14(21)7-4-8-15(18)28-20(23)22-19(27)12-5-3-6-13(11-12)24-16(25)9-10-17(24)26/h3-8,11H,2,9-10H2,1H3. The van der Waals surface area contributed by atoms with Crippen LogP contribution in [0.15, 0.2) is 47.5 Å². The van der Waals surface area contributed by atoms with Crippen molar-refractivity contribution in [1.29, 1.82) is 0 Å². The minimum Gasteiger partial charge on any atom is -0.314 e. The first-order valence-corrected chi connectivity index (χ1v) is 9.64. The van der Waals surface area contributed by atoms with Crippen LogP contribution in [0, 0.1) is 5.82 Å². The molecule has 6 nitrogen and oxygen atoms in total. The highest BCUT2D eigenvalue weighted by molar-refractivity contribution is 7.16. The summed E-state index contributed by atoms with van der Waals surface area (Å²) in [7, 11) is 0. The van der Waals surface area contributed by atoms with E-state index in [-0.39, 0.29) is 36.0 Å². The molecule has 3 aromatic rings. The Morgan fingerprint density at radius 1 is 1.14 bits per heavy atom. The van der Waals surface area contributed by atoms with Gasteiger partial charge in [-0.2, -0.15) is 4.99 Å². The number of aryl methyl sites for hydroxylation is 1. The van der Waals surface area contributed by atoms with Gasteiger partial charge in [0.1, 0.15) is 5.82 Å². The van der Waals surface area contributed by atoms with E-state index in [1.807, 2.05) is 6.92 Å². The summed E-state index contributed by atoms with van der Waals surface area (Å²) in [6.07, 6.45) is 0.344. The summed E-state index contributed by atoms with van der Waals surface area (Å²) in [6.45, 7) is 2.32. The Labute approximate surface area is 163 Å². The first-order valence-electron chi connectivity index (χ1n) is 8.82. The molecule has 142 valence electrons. The fraction of sp³-hybridized carbons (Fsp3) is 0.200. The Balaban J connectivity index is 1.76. The van der Waals surface area contributed by atoms with Crippen LogP contribution in [0.2, 0.25) is 0 Å². The third-order valence-electron chi connectivity index (χ3n) is 4.57. The molecule has 0 spiro atoms. The molecule has 3 amide bonds. The summed E-state index contributed by atoms with van der Waals surface area (Å²) in [5.41, 5.74) is 1.04. The lowest BCUT2D eigenvalue weighted by molar-refractivity contribution is -0.121. The second-order valence-corrected chi connectivity index (χ2v) is 7.31. The van der Waals surface area contributed by atoms with Crippen molar-refractivity contribution in [3.63, 3.8) is 0 Å². The molecule has 2 heterocycles. The number of benzene rings is 2. The molecule has 1 aliphatic heterocycles. The Hall–Kier alpha value is -3.13. The maximum absolute atomic E-state index is 14.2. The molecular weight excluding hydrogens is 381 g/mol. The fourth-order valence-corrected chi connectivity index (χ4v) is 4.37. The van der Waals surface area contributed by atoms with Crippen molar-refractivity contribution < 1.29 is 18.8 Å². The van der Waals surface area contributed by atoms with Gasteiger partial charge in [0.15, 0.2) is 4.80 Å². The molecule has 28 heavy (non-hydrogen) atoms. The van der Waals surface area contributed by atoms with Gasteiger partial charge < -0.3 is 4.57 Å². The van der Waals surface area contributed by atoms with E-state index in [1.54, 1.807) is 34.9 Å². The number of hydrogen-bond donors (Lipinski definition) is 0. The van der Waals surface area contributed by atoms with Crippen molar-refractivity contribution in [2.75, 3.05) is 4.90 Å². The molecule has 1 aliphatic rings. The van der Waals surface area contributed by atoms with Crippen LogP contribution in [0.5, 0.6) is 0 Å². The number of aromatic nitrogens is 1. The number of rotatable bonds is 3. The molecule has 1 saturated heterocycles. The number of nitrogens with zero attached hydrogens (tertiary/aromatic N) is 3. The van der Waals surface area contributed by atoms with Crippen molar-refractivity contribution in [1.82, 2.24) is 4.57 Å². The van der Waals surface area contributed by atoms with Gasteiger partial charge in [0.25, 0.3) is 5.91 Å². The average Bonchev–Trinajstić information content (AvgIpc) is 3.21. The smallest absolute Gasteiger partial charge is 0.279 e. The maximum Gasteiger partial charge on any atom is 0.279 e. The minimum atomic E-state index is -0.518. The Kier molecular flexibility index (Phi) is 4.64. The number of fused-ring (bicyclic) bond motifs is 1. The highest BCUT2D eigenvalue weighted by Gasteiger charge is 2.30. The van der Waals surface area contributed by atoms with E-state index >= 15 is 0 Å². The summed E-state index contributed by atoms with van der Waals surface area (Å²) in [4.78, 5) is 42.2. The van der Waals surface area contributed by atoms with Crippen LogP contribution in [0.25, 0.3) is 10.2 Å². The van der Waals surface area contributed by atoms with Gasteiger partial charge >= 0.3 is 0 Å². The summed E-state index contributed by atoms with van der Waals surface area (Å²) in [6, 6.07) is 11.0. The third-order valence-corrected chi connectivity index (χ3v) is 5.61. The molecular formula is C20H16FN3O3S. The molecule has 1 aromatic heterocycles. The number of thiazole rings is 1. The summed E-state index contributed by atoms with van der Waals surface area (Å²) >= 11 is 1.23. The second-order valence-electron chi connectivity index (χ2n) is 6.31. The molecule has 1 fully saturated rings. The molecule has 0 radical (unpaired) electrons. The first kappa shape index (κ1) is 18.2. The SMILES string of the molecule is CCn1c(=NC(=O)c2cccc(N3C(=O)CCC3=O)c2)sc2cccc(F)c21. The number of carbonyl (C=O) groups is 3. The number of hydrogen-bond acceptors (Lipinski definition) is 4. The lowest BCUT2D eigenvalue weighted by Crippen LogP contribution is -2.28. The number of carbonyl (C=O) groups excluding carboxylic acids is 3. The molecule has 0 unspecified atom stereocenters. The highest BCUT2D eigenvalue weighted by atomic mass is 32.1. The highest BCUT2D eigenvalue weighted by Crippen LogP contribution is 2.24. The molecule has 4 rings (SSSR count).